The fourth-order valence-electron chi connectivity index (χ4n) is 1.65. The number of aliphatic hydroxyl groups excluding tert-OH is 3. The number of aliphatic imine (C=N–C) groups is 1. The second-order valence-corrected chi connectivity index (χ2v) is 3.86. The van der Waals surface area contributed by atoms with Crippen molar-refractivity contribution in [3.63, 3.8) is 0 Å². The third kappa shape index (κ3) is 3.29. The number of aliphatic hydroxyl groups is 3. The van der Waals surface area contributed by atoms with Gasteiger partial charge in [0.25, 0.3) is 0 Å². The SMILES string of the molecule is CC(=O)N[C@H]1[C@H](O)[C@@H](O)[C@@H](CO)O[C@H]1N=C=S. The molecule has 0 radical (unpaired) electrons. The molecule has 1 amide bonds. The Hall–Kier alpha value is -0.890. The van der Waals surface area contributed by atoms with E-state index < -0.39 is 43.1 Å². The number of carbonyl (C=O) groups excluding carboxylic acids is 1. The van der Waals surface area contributed by atoms with Crippen LogP contribution in [0.1, 0.15) is 6.92 Å². The van der Waals surface area contributed by atoms with Crippen LogP contribution in [0.3, 0.4) is 0 Å². The molecule has 96 valence electrons. The van der Waals surface area contributed by atoms with Crippen molar-refractivity contribution in [2.75, 3.05) is 6.61 Å². The minimum absolute atomic E-state index is 0.406. The van der Waals surface area contributed by atoms with E-state index in [2.05, 4.69) is 27.7 Å². The number of amides is 1. The topological polar surface area (TPSA) is 111 Å². The lowest BCUT2D eigenvalue weighted by molar-refractivity contribution is -0.192. The van der Waals surface area contributed by atoms with Crippen LogP contribution in [0.25, 0.3) is 0 Å². The molecule has 1 rings (SSSR count). The van der Waals surface area contributed by atoms with Crippen LogP contribution in [0, 0.1) is 0 Å². The normalized spacial score (nSPS) is 37.1. The summed E-state index contributed by atoms with van der Waals surface area (Å²) in [4.78, 5) is 14.6. The molecule has 0 aliphatic carbocycles. The minimum Gasteiger partial charge on any atom is -0.394 e. The van der Waals surface area contributed by atoms with Gasteiger partial charge in [-0.1, -0.05) is 0 Å². The molecule has 0 saturated carbocycles. The number of nitrogens with one attached hydrogen (secondary N) is 1. The summed E-state index contributed by atoms with van der Waals surface area (Å²) in [5.74, 6) is -0.406. The Bertz CT molecular complexity index is 333. The molecule has 1 heterocycles. The quantitative estimate of drug-likeness (QED) is 0.347. The number of rotatable bonds is 3. The molecule has 0 aromatic rings. The van der Waals surface area contributed by atoms with Crippen molar-refractivity contribution in [3.05, 3.63) is 0 Å². The first-order valence-corrected chi connectivity index (χ1v) is 5.38. The van der Waals surface area contributed by atoms with Gasteiger partial charge >= 0.3 is 0 Å². The largest absolute Gasteiger partial charge is 0.394 e. The molecular formula is C9H14N2O5S. The van der Waals surface area contributed by atoms with Crippen molar-refractivity contribution in [3.8, 4) is 0 Å². The zero-order chi connectivity index (χ0) is 13.0. The van der Waals surface area contributed by atoms with Gasteiger partial charge in [-0.25, -0.2) is 0 Å². The highest BCUT2D eigenvalue weighted by Gasteiger charge is 2.44. The standard InChI is InChI=1S/C9H14N2O5S/c1-4(13)11-6-8(15)7(14)5(2-12)16-9(6)10-3-17/h5-9,12,14-15H,2H2,1H3,(H,11,13)/t5-,6+,7+,8+,9-/m1/s1. The Balaban J connectivity index is 2.90. The number of hydrogen-bond donors (Lipinski definition) is 4. The molecule has 7 nitrogen and oxygen atoms in total. The van der Waals surface area contributed by atoms with Gasteiger partial charge in [-0.2, -0.15) is 4.99 Å². The van der Waals surface area contributed by atoms with E-state index >= 15 is 0 Å². The molecule has 0 bridgehead atoms. The molecule has 5 atom stereocenters. The maximum absolute atomic E-state index is 11.0. The molecule has 0 aromatic carbocycles. The number of isothiocyanates is 1. The molecule has 1 fully saturated rings. The first-order chi connectivity index (χ1) is 8.01. The van der Waals surface area contributed by atoms with Gasteiger partial charge < -0.3 is 25.4 Å². The molecule has 1 saturated heterocycles. The summed E-state index contributed by atoms with van der Waals surface area (Å²) < 4.78 is 5.20. The number of thiocarbonyl (C=S) groups is 1. The van der Waals surface area contributed by atoms with Crippen molar-refractivity contribution in [2.24, 2.45) is 4.99 Å². The molecule has 0 aromatic heterocycles. The molecule has 4 N–H and O–H groups in total. The lowest BCUT2D eigenvalue weighted by Gasteiger charge is -2.40. The van der Waals surface area contributed by atoms with E-state index in [1.807, 2.05) is 0 Å². The minimum atomic E-state index is -1.31. The number of carbonyl (C=O) groups is 1. The second-order valence-electron chi connectivity index (χ2n) is 3.68. The average Bonchev–Trinajstić information content (AvgIpc) is 2.28. The smallest absolute Gasteiger partial charge is 0.217 e. The Kier molecular flexibility index (Phi) is 5.13. The second kappa shape index (κ2) is 6.15. The Labute approximate surface area is 103 Å². The van der Waals surface area contributed by atoms with Crippen LogP contribution in [-0.2, 0) is 9.53 Å². The van der Waals surface area contributed by atoms with Gasteiger partial charge in [0, 0.05) is 6.92 Å². The van der Waals surface area contributed by atoms with Gasteiger partial charge in [0.05, 0.1) is 11.8 Å². The van der Waals surface area contributed by atoms with E-state index in [-0.39, 0.29) is 0 Å². The summed E-state index contributed by atoms with van der Waals surface area (Å²) in [6.45, 7) is 0.782. The fraction of sp³-hybridized carbons (Fsp3) is 0.778. The van der Waals surface area contributed by atoms with Gasteiger partial charge in [0.2, 0.25) is 5.91 Å². The van der Waals surface area contributed by atoms with Crippen LogP contribution < -0.4 is 5.32 Å². The summed E-state index contributed by atoms with van der Waals surface area (Å²) in [6, 6.07) is -0.930. The summed E-state index contributed by atoms with van der Waals surface area (Å²) in [5, 5.41) is 32.9. The number of hydrogen-bond acceptors (Lipinski definition) is 7. The van der Waals surface area contributed by atoms with Crippen molar-refractivity contribution < 1.29 is 24.9 Å². The zero-order valence-corrected chi connectivity index (χ0v) is 9.92. The molecule has 1 aliphatic heterocycles. The third-order valence-electron chi connectivity index (χ3n) is 2.45. The monoisotopic (exact) mass is 262 g/mol. The Morgan fingerprint density at radius 3 is 2.65 bits per heavy atom. The molecule has 0 unspecified atom stereocenters. The van der Waals surface area contributed by atoms with E-state index in [0.29, 0.717) is 0 Å². The van der Waals surface area contributed by atoms with E-state index in [1.165, 1.54) is 6.92 Å². The summed E-state index contributed by atoms with van der Waals surface area (Å²) >= 11 is 4.43. The van der Waals surface area contributed by atoms with E-state index in [9.17, 15) is 15.0 Å². The molecule has 1 aliphatic rings. The van der Waals surface area contributed by atoms with Crippen LogP contribution in [0.4, 0.5) is 0 Å². The highest BCUT2D eigenvalue weighted by Crippen LogP contribution is 2.21. The van der Waals surface area contributed by atoms with Gasteiger partial charge in [0.1, 0.15) is 24.4 Å². The van der Waals surface area contributed by atoms with E-state index in [1.54, 1.807) is 0 Å². The highest BCUT2D eigenvalue weighted by molar-refractivity contribution is 7.78. The first-order valence-electron chi connectivity index (χ1n) is 4.97. The van der Waals surface area contributed by atoms with Gasteiger partial charge in [-0.3, -0.25) is 4.79 Å². The van der Waals surface area contributed by atoms with E-state index in [4.69, 9.17) is 9.84 Å². The molecule has 17 heavy (non-hydrogen) atoms. The maximum atomic E-state index is 11.0. The number of ether oxygens (including phenoxy) is 1. The van der Waals surface area contributed by atoms with Crippen LogP contribution in [0.2, 0.25) is 0 Å². The lowest BCUT2D eigenvalue weighted by atomic mass is 9.96. The van der Waals surface area contributed by atoms with Gasteiger partial charge in [-0.15, -0.1) is 0 Å². The lowest BCUT2D eigenvalue weighted by Crippen LogP contribution is -2.63. The van der Waals surface area contributed by atoms with Crippen LogP contribution in [-0.4, -0.2) is 63.6 Å². The molecular weight excluding hydrogens is 248 g/mol. The first kappa shape index (κ1) is 14.2. The van der Waals surface area contributed by atoms with Crippen LogP contribution >= 0.6 is 12.2 Å². The van der Waals surface area contributed by atoms with Crippen LogP contribution in [0.5, 0.6) is 0 Å². The zero-order valence-electron chi connectivity index (χ0n) is 9.11. The molecule has 8 heteroatoms. The summed E-state index contributed by atoms with van der Waals surface area (Å²) in [7, 11) is 0. The molecule has 0 spiro atoms. The van der Waals surface area contributed by atoms with Gasteiger partial charge in [-0.05, 0) is 12.2 Å². The summed E-state index contributed by atoms with van der Waals surface area (Å²) in [5.41, 5.74) is 0. The van der Waals surface area contributed by atoms with E-state index in [0.717, 1.165) is 0 Å². The predicted octanol–water partition coefficient (Wildman–Crippen LogP) is -1.97. The van der Waals surface area contributed by atoms with Crippen molar-refractivity contribution >= 4 is 23.3 Å². The summed E-state index contributed by atoms with van der Waals surface area (Å²) in [6.07, 6.45) is -4.57. The average molecular weight is 262 g/mol. The Morgan fingerprint density at radius 1 is 1.53 bits per heavy atom. The van der Waals surface area contributed by atoms with Crippen LogP contribution in [0.15, 0.2) is 4.99 Å². The fourth-order valence-corrected chi connectivity index (χ4v) is 1.75. The highest BCUT2D eigenvalue weighted by atomic mass is 32.1. The van der Waals surface area contributed by atoms with Gasteiger partial charge in [0.15, 0.2) is 6.23 Å². The van der Waals surface area contributed by atoms with Crippen molar-refractivity contribution in [2.45, 2.75) is 37.5 Å². The van der Waals surface area contributed by atoms with Crippen molar-refractivity contribution in [1.29, 1.82) is 0 Å². The maximum Gasteiger partial charge on any atom is 0.217 e. The predicted molar refractivity (Wildman–Crippen MR) is 60.4 cm³/mol. The third-order valence-corrected chi connectivity index (χ3v) is 2.56. The van der Waals surface area contributed by atoms with Crippen molar-refractivity contribution in [1.82, 2.24) is 5.32 Å². The number of nitrogens with zero attached hydrogens (tertiary/aromatic N) is 1. The Morgan fingerprint density at radius 2 is 2.18 bits per heavy atom.